The van der Waals surface area contributed by atoms with Crippen molar-refractivity contribution in [3.63, 3.8) is 0 Å². The second-order valence-corrected chi connectivity index (χ2v) is 10.0. The maximum atomic E-state index is 11.9. The van der Waals surface area contributed by atoms with Crippen molar-refractivity contribution in [3.05, 3.63) is 30.3 Å². The molecular formula is C20H32NO9PS. The van der Waals surface area contributed by atoms with Crippen LogP contribution < -0.4 is 9.84 Å². The molecule has 1 aromatic rings. The van der Waals surface area contributed by atoms with Gasteiger partial charge in [-0.1, -0.05) is 31.0 Å². The van der Waals surface area contributed by atoms with Gasteiger partial charge < -0.3 is 29.9 Å². The van der Waals surface area contributed by atoms with Crippen LogP contribution in [-0.2, 0) is 18.6 Å². The van der Waals surface area contributed by atoms with Gasteiger partial charge in [0.25, 0.3) is 0 Å². The second kappa shape index (κ2) is 13.5. The molecule has 1 aliphatic heterocycles. The molecular weight excluding hydrogens is 461 g/mol. The Morgan fingerprint density at radius 2 is 1.84 bits per heavy atom. The van der Waals surface area contributed by atoms with Gasteiger partial charge in [-0.3, -0.25) is 14.2 Å². The number of phosphoric ester groups is 1. The van der Waals surface area contributed by atoms with Crippen molar-refractivity contribution in [2.24, 2.45) is 0 Å². The van der Waals surface area contributed by atoms with Crippen molar-refractivity contribution in [3.8, 4) is 5.75 Å². The zero-order valence-corrected chi connectivity index (χ0v) is 19.6. The van der Waals surface area contributed by atoms with Gasteiger partial charge in [-0.05, 0) is 30.7 Å². The number of unbranched alkanes of at least 4 members (excludes halogenated alkanes) is 3. The second-order valence-electron chi connectivity index (χ2n) is 7.42. The van der Waals surface area contributed by atoms with Crippen molar-refractivity contribution in [1.29, 1.82) is 0 Å². The molecule has 6 atom stereocenters. The Balaban J connectivity index is 1.64. The molecule has 0 bridgehead atoms. The summed E-state index contributed by atoms with van der Waals surface area (Å²) in [7, 11) is -4.15. The van der Waals surface area contributed by atoms with Crippen molar-refractivity contribution < 1.29 is 43.4 Å². The van der Waals surface area contributed by atoms with E-state index in [1.54, 1.807) is 30.3 Å². The van der Waals surface area contributed by atoms with Crippen LogP contribution in [-0.4, -0.2) is 74.9 Å². The highest BCUT2D eigenvalue weighted by Crippen LogP contribution is 2.43. The molecule has 10 nitrogen and oxygen atoms in total. The SMILES string of the molecule is CC(=O)NC1C(SCCCCCCOP(=O)(O)Oc2ccccc2)OC(CO)C(O)C1O. The molecule has 1 heterocycles. The maximum absolute atomic E-state index is 11.9. The van der Waals surface area contributed by atoms with E-state index in [9.17, 15) is 29.6 Å². The van der Waals surface area contributed by atoms with Crippen LogP contribution in [0.15, 0.2) is 30.3 Å². The fourth-order valence-corrected chi connectivity index (χ4v) is 5.25. The van der Waals surface area contributed by atoms with E-state index in [2.05, 4.69) is 5.32 Å². The van der Waals surface area contributed by atoms with Gasteiger partial charge in [0, 0.05) is 6.92 Å². The first-order valence-electron chi connectivity index (χ1n) is 10.5. The van der Waals surface area contributed by atoms with Crippen LogP contribution in [0.5, 0.6) is 5.75 Å². The number of para-hydroxylation sites is 1. The molecule has 1 aliphatic rings. The Morgan fingerprint density at radius 1 is 1.16 bits per heavy atom. The number of aliphatic hydroxyl groups is 3. The summed E-state index contributed by atoms with van der Waals surface area (Å²) in [5, 5.41) is 32.2. The van der Waals surface area contributed by atoms with E-state index in [-0.39, 0.29) is 18.3 Å². The number of aliphatic hydroxyl groups excluding tert-OH is 3. The molecule has 0 aliphatic carbocycles. The van der Waals surface area contributed by atoms with E-state index in [1.807, 2.05) is 0 Å². The summed E-state index contributed by atoms with van der Waals surface area (Å²) in [6.07, 6.45) is -0.466. The van der Waals surface area contributed by atoms with Crippen molar-refractivity contribution in [1.82, 2.24) is 5.32 Å². The molecule has 1 amide bonds. The van der Waals surface area contributed by atoms with Gasteiger partial charge in [-0.15, -0.1) is 11.8 Å². The minimum absolute atomic E-state index is 0.0896. The lowest BCUT2D eigenvalue weighted by Gasteiger charge is -2.42. The highest BCUT2D eigenvalue weighted by Gasteiger charge is 2.44. The summed E-state index contributed by atoms with van der Waals surface area (Å²) in [6, 6.07) is 7.50. The van der Waals surface area contributed by atoms with Crippen molar-refractivity contribution >= 4 is 25.5 Å². The third kappa shape index (κ3) is 8.99. The predicted octanol–water partition coefficient (Wildman–Crippen LogP) is 1.42. The largest absolute Gasteiger partial charge is 0.527 e. The van der Waals surface area contributed by atoms with Gasteiger partial charge in [0.2, 0.25) is 5.91 Å². The van der Waals surface area contributed by atoms with Crippen molar-refractivity contribution in [2.45, 2.75) is 62.4 Å². The molecule has 0 spiro atoms. The number of amides is 1. The summed E-state index contributed by atoms with van der Waals surface area (Å²) >= 11 is 1.39. The van der Waals surface area contributed by atoms with E-state index in [4.69, 9.17) is 13.8 Å². The van der Waals surface area contributed by atoms with Crippen LogP contribution in [0.3, 0.4) is 0 Å². The predicted molar refractivity (Wildman–Crippen MR) is 119 cm³/mol. The average Bonchev–Trinajstić information content (AvgIpc) is 2.74. The maximum Gasteiger partial charge on any atom is 0.527 e. The zero-order chi connectivity index (χ0) is 23.6. The summed E-state index contributed by atoms with van der Waals surface area (Å²) < 4.78 is 27.5. The summed E-state index contributed by atoms with van der Waals surface area (Å²) in [5.41, 5.74) is -0.604. The lowest BCUT2D eigenvalue weighted by atomic mass is 9.98. The molecule has 12 heteroatoms. The van der Waals surface area contributed by atoms with E-state index in [0.29, 0.717) is 12.2 Å². The van der Waals surface area contributed by atoms with Gasteiger partial charge >= 0.3 is 7.82 Å². The molecule has 1 fully saturated rings. The lowest BCUT2D eigenvalue weighted by molar-refractivity contribution is -0.173. The van der Waals surface area contributed by atoms with Gasteiger partial charge in [0.15, 0.2) is 0 Å². The Bertz CT molecular complexity index is 741. The number of rotatable bonds is 13. The number of carbonyl (C=O) groups is 1. The number of hydrogen-bond acceptors (Lipinski definition) is 9. The Hall–Kier alpha value is -1.17. The summed E-state index contributed by atoms with van der Waals surface area (Å²) in [6.45, 7) is 0.967. The minimum atomic E-state index is -4.15. The zero-order valence-electron chi connectivity index (χ0n) is 17.9. The first kappa shape index (κ1) is 27.1. The summed E-state index contributed by atoms with van der Waals surface area (Å²) in [4.78, 5) is 21.2. The lowest BCUT2D eigenvalue weighted by Crippen LogP contribution is -2.63. The van der Waals surface area contributed by atoms with E-state index >= 15 is 0 Å². The topological polar surface area (TPSA) is 155 Å². The Labute approximate surface area is 191 Å². The number of nitrogens with one attached hydrogen (secondary N) is 1. The fourth-order valence-electron chi connectivity index (χ4n) is 3.19. The van der Waals surface area contributed by atoms with E-state index in [1.165, 1.54) is 18.7 Å². The average molecular weight is 494 g/mol. The van der Waals surface area contributed by atoms with Gasteiger partial charge in [0.1, 0.15) is 29.5 Å². The van der Waals surface area contributed by atoms with Crippen LogP contribution in [0.25, 0.3) is 0 Å². The van der Waals surface area contributed by atoms with Gasteiger partial charge in [-0.25, -0.2) is 4.57 Å². The normalized spacial score (nSPS) is 27.5. The number of phosphoric acid groups is 1. The molecule has 5 N–H and O–H groups in total. The van der Waals surface area contributed by atoms with E-state index < -0.39 is 44.2 Å². The smallest absolute Gasteiger partial charge is 0.404 e. The number of benzene rings is 1. The number of carbonyl (C=O) groups excluding carboxylic acids is 1. The standard InChI is InChI=1S/C20H32NO9PS/c1-14(23)21-17-19(25)18(24)16(13-22)29-20(17)32-12-8-3-2-7-11-28-31(26,27)30-15-9-5-4-6-10-15/h4-6,9-10,16-20,22,24-25H,2-3,7-8,11-13H2,1H3,(H,21,23)(H,26,27). The summed E-state index contributed by atoms with van der Waals surface area (Å²) in [5.74, 6) is 0.576. The van der Waals surface area contributed by atoms with Crippen LogP contribution in [0.2, 0.25) is 0 Å². The molecule has 1 saturated heterocycles. The highest BCUT2D eigenvalue weighted by atomic mass is 32.2. The molecule has 182 valence electrons. The molecule has 0 radical (unpaired) electrons. The van der Waals surface area contributed by atoms with Crippen LogP contribution in [0.1, 0.15) is 32.6 Å². The quantitative estimate of drug-likeness (QED) is 0.201. The number of hydrogen-bond donors (Lipinski definition) is 5. The van der Waals surface area contributed by atoms with Gasteiger partial charge in [0.05, 0.1) is 19.3 Å². The molecule has 6 unspecified atom stereocenters. The number of thioether (sulfide) groups is 1. The van der Waals surface area contributed by atoms with Gasteiger partial charge in [-0.2, -0.15) is 0 Å². The van der Waals surface area contributed by atoms with Crippen molar-refractivity contribution in [2.75, 3.05) is 19.0 Å². The fraction of sp³-hybridized carbons (Fsp3) is 0.650. The minimum Gasteiger partial charge on any atom is -0.404 e. The van der Waals surface area contributed by atoms with Crippen LogP contribution in [0.4, 0.5) is 0 Å². The number of ether oxygens (including phenoxy) is 1. The molecule has 1 aromatic carbocycles. The molecule has 0 saturated carbocycles. The Kier molecular flexibility index (Phi) is 11.4. The first-order valence-corrected chi connectivity index (χ1v) is 13.0. The molecule has 32 heavy (non-hydrogen) atoms. The third-order valence-electron chi connectivity index (χ3n) is 4.79. The molecule has 2 rings (SSSR count). The van der Waals surface area contributed by atoms with Crippen LogP contribution in [0, 0.1) is 0 Å². The highest BCUT2D eigenvalue weighted by molar-refractivity contribution is 7.99. The van der Waals surface area contributed by atoms with Crippen LogP contribution >= 0.6 is 19.6 Å². The Morgan fingerprint density at radius 3 is 2.50 bits per heavy atom. The third-order valence-corrected chi connectivity index (χ3v) is 7.00. The first-order chi connectivity index (χ1) is 15.2. The molecule has 0 aromatic heterocycles. The van der Waals surface area contributed by atoms with E-state index in [0.717, 1.165) is 19.3 Å². The monoisotopic (exact) mass is 493 g/mol.